The van der Waals surface area contributed by atoms with E-state index in [1.807, 2.05) is 13.0 Å². The van der Waals surface area contributed by atoms with E-state index in [0.717, 1.165) is 54.4 Å². The largest absolute Gasteiger partial charge is 0.482 e. The minimum absolute atomic E-state index is 0.117. The Labute approximate surface area is 245 Å². The molecule has 9 heteroatoms. The van der Waals surface area contributed by atoms with Crippen LogP contribution in [0.25, 0.3) is 11.1 Å². The first-order valence-corrected chi connectivity index (χ1v) is 15.6. The molecule has 3 aromatic carbocycles. The molecule has 1 aliphatic carbocycles. The van der Waals surface area contributed by atoms with E-state index in [-0.39, 0.29) is 15.9 Å². The molecule has 1 fully saturated rings. The van der Waals surface area contributed by atoms with Crippen molar-refractivity contribution >= 4 is 21.7 Å². The van der Waals surface area contributed by atoms with Crippen molar-refractivity contribution in [1.29, 1.82) is 0 Å². The zero-order chi connectivity index (χ0) is 30.3. The Morgan fingerprint density at radius 3 is 2.36 bits per heavy atom. The Balaban J connectivity index is 1.60. The van der Waals surface area contributed by atoms with Crippen LogP contribution in [0.5, 0.6) is 5.75 Å². The predicted molar refractivity (Wildman–Crippen MR) is 159 cm³/mol. The van der Waals surface area contributed by atoms with E-state index >= 15 is 0 Å². The molecule has 0 radical (unpaired) electrons. The summed E-state index contributed by atoms with van der Waals surface area (Å²) >= 11 is 0. The molecule has 0 unspecified atom stereocenters. The lowest BCUT2D eigenvalue weighted by molar-refractivity contribution is -0.139. The second-order valence-electron chi connectivity index (χ2n) is 11.3. The molecule has 0 bridgehead atoms. The summed E-state index contributed by atoms with van der Waals surface area (Å²) in [6.07, 6.45) is 6.05. The van der Waals surface area contributed by atoms with Gasteiger partial charge < -0.3 is 9.84 Å². The third kappa shape index (κ3) is 5.30. The van der Waals surface area contributed by atoms with E-state index in [4.69, 9.17) is 9.84 Å². The van der Waals surface area contributed by atoms with Crippen LogP contribution < -0.4 is 9.04 Å². The van der Waals surface area contributed by atoms with Gasteiger partial charge in [0.25, 0.3) is 15.9 Å². The van der Waals surface area contributed by atoms with Crippen LogP contribution in [-0.2, 0) is 32.6 Å². The van der Waals surface area contributed by atoms with Crippen molar-refractivity contribution in [3.8, 4) is 16.9 Å². The second-order valence-corrected chi connectivity index (χ2v) is 13.1. The first kappa shape index (κ1) is 29.8. The summed E-state index contributed by atoms with van der Waals surface area (Å²) in [5.74, 6) is -3.92. The van der Waals surface area contributed by atoms with Crippen LogP contribution in [0.4, 0.5) is 14.5 Å². The lowest BCUT2D eigenvalue weighted by Crippen LogP contribution is -2.38. The number of aryl methyl sites for hydroxylation is 2. The summed E-state index contributed by atoms with van der Waals surface area (Å²) in [6, 6.07) is 14.7. The Kier molecular flexibility index (Phi) is 7.91. The number of nitrogens with zero attached hydrogens (tertiary/aromatic N) is 1. The summed E-state index contributed by atoms with van der Waals surface area (Å²) in [4.78, 5) is 11.0. The molecule has 42 heavy (non-hydrogen) atoms. The average Bonchev–Trinajstić information content (AvgIpc) is 3.30. The number of ether oxygens (including phenoxy) is 1. The Morgan fingerprint density at radius 1 is 1.07 bits per heavy atom. The lowest BCUT2D eigenvalue weighted by Gasteiger charge is -2.34. The maximum absolute atomic E-state index is 14.2. The molecule has 0 atom stereocenters. The SMILES string of the molecule is C=CC(F)(F)c1ccc(-c2cc(CC)c3c(c2)C2(CCCCC2)CN3S(=O)(=O)c2ccc(OCC(=O)O)c(C)c2)cc1. The lowest BCUT2D eigenvalue weighted by atomic mass is 9.70. The smallest absolute Gasteiger partial charge is 0.341 e. The van der Waals surface area contributed by atoms with Gasteiger partial charge in [-0.25, -0.2) is 13.2 Å². The molecule has 1 saturated carbocycles. The fourth-order valence-corrected chi connectivity index (χ4v) is 8.04. The van der Waals surface area contributed by atoms with Gasteiger partial charge in [-0.15, -0.1) is 0 Å². The average molecular weight is 596 g/mol. The standard InChI is InChI=1S/C33H35F2NO5S/c1-4-23-18-25(24-9-11-26(12-10-24)33(34,35)5-2)19-28-31(23)36(21-32(28)15-7-6-8-16-32)42(39,40)27-13-14-29(22(3)17-27)41-20-30(37)38/h5,9-14,17-19H,2,4,6-8,15-16,20-21H2,1,3H3,(H,37,38). The number of halogens is 2. The van der Waals surface area contributed by atoms with Gasteiger partial charge in [-0.1, -0.05) is 57.0 Å². The maximum Gasteiger partial charge on any atom is 0.341 e. The fourth-order valence-electron chi connectivity index (χ4n) is 6.34. The van der Waals surface area contributed by atoms with Crippen LogP contribution in [0.3, 0.4) is 0 Å². The number of aliphatic carboxylic acids is 1. The summed E-state index contributed by atoms with van der Waals surface area (Å²) in [7, 11) is -3.96. The molecule has 0 amide bonds. The maximum atomic E-state index is 14.2. The fraction of sp³-hybridized carbons (Fsp3) is 0.364. The Bertz CT molecular complexity index is 1630. The highest BCUT2D eigenvalue weighted by Gasteiger charge is 2.48. The van der Waals surface area contributed by atoms with Crippen molar-refractivity contribution in [3.63, 3.8) is 0 Å². The molecular weight excluding hydrogens is 560 g/mol. The number of allylic oxidation sites excluding steroid dienone is 1. The summed E-state index contributed by atoms with van der Waals surface area (Å²) in [5, 5.41) is 8.94. The molecule has 3 aromatic rings. The number of carbonyl (C=O) groups is 1. The number of hydrogen-bond acceptors (Lipinski definition) is 4. The summed E-state index contributed by atoms with van der Waals surface area (Å²) in [6.45, 7) is 6.74. The van der Waals surface area contributed by atoms with E-state index in [0.29, 0.717) is 36.0 Å². The highest BCUT2D eigenvalue weighted by atomic mass is 32.2. The van der Waals surface area contributed by atoms with Gasteiger partial charge in [0.2, 0.25) is 0 Å². The molecule has 1 aliphatic heterocycles. The minimum atomic E-state index is -3.96. The second kappa shape index (κ2) is 11.2. The predicted octanol–water partition coefficient (Wildman–Crippen LogP) is 7.38. The van der Waals surface area contributed by atoms with Crippen molar-refractivity contribution in [1.82, 2.24) is 0 Å². The van der Waals surface area contributed by atoms with Crippen molar-refractivity contribution in [2.24, 2.45) is 0 Å². The number of carboxylic acid groups (broad SMARTS) is 1. The highest BCUT2D eigenvalue weighted by Crippen LogP contribution is 2.53. The number of rotatable bonds is 9. The third-order valence-corrected chi connectivity index (χ3v) is 10.3. The Hall–Kier alpha value is -3.72. The molecule has 2 aliphatic rings. The third-order valence-electron chi connectivity index (χ3n) is 8.59. The van der Waals surface area contributed by atoms with Gasteiger partial charge in [0, 0.05) is 17.5 Å². The summed E-state index contributed by atoms with van der Waals surface area (Å²) in [5.41, 5.74) is 4.31. The molecule has 5 rings (SSSR count). The van der Waals surface area contributed by atoms with Crippen LogP contribution in [0.2, 0.25) is 0 Å². The molecular formula is C33H35F2NO5S. The molecule has 0 aromatic heterocycles. The Morgan fingerprint density at radius 2 is 1.76 bits per heavy atom. The van der Waals surface area contributed by atoms with Gasteiger partial charge in [-0.3, -0.25) is 4.31 Å². The quantitative estimate of drug-likeness (QED) is 0.261. The van der Waals surface area contributed by atoms with Crippen LogP contribution >= 0.6 is 0 Å². The number of hydrogen-bond donors (Lipinski definition) is 1. The van der Waals surface area contributed by atoms with Crippen molar-refractivity contribution in [3.05, 3.63) is 89.5 Å². The van der Waals surface area contributed by atoms with E-state index in [1.165, 1.54) is 30.3 Å². The van der Waals surface area contributed by atoms with Gasteiger partial charge in [-0.2, -0.15) is 8.78 Å². The van der Waals surface area contributed by atoms with Crippen LogP contribution in [0.15, 0.2) is 72.1 Å². The van der Waals surface area contributed by atoms with E-state index in [9.17, 15) is 22.0 Å². The molecule has 1 N–H and O–H groups in total. The molecule has 0 saturated heterocycles. The number of benzene rings is 3. The van der Waals surface area contributed by atoms with Crippen LogP contribution in [0, 0.1) is 6.92 Å². The number of sulfonamides is 1. The number of carboxylic acids is 1. The van der Waals surface area contributed by atoms with Crippen molar-refractivity contribution in [2.45, 2.75) is 68.6 Å². The van der Waals surface area contributed by atoms with Gasteiger partial charge >= 0.3 is 5.97 Å². The summed E-state index contributed by atoms with van der Waals surface area (Å²) < 4.78 is 63.7. The van der Waals surface area contributed by atoms with Crippen LogP contribution in [-0.4, -0.2) is 32.6 Å². The van der Waals surface area contributed by atoms with E-state index in [2.05, 4.69) is 12.6 Å². The topological polar surface area (TPSA) is 83.9 Å². The van der Waals surface area contributed by atoms with E-state index in [1.54, 1.807) is 23.4 Å². The molecule has 6 nitrogen and oxygen atoms in total. The number of fused-ring (bicyclic) bond motifs is 2. The number of anilines is 1. The zero-order valence-electron chi connectivity index (χ0n) is 23.8. The molecule has 1 spiro atoms. The first-order valence-electron chi connectivity index (χ1n) is 14.2. The van der Waals surface area contributed by atoms with Crippen LogP contribution in [0.1, 0.15) is 61.3 Å². The molecule has 222 valence electrons. The highest BCUT2D eigenvalue weighted by molar-refractivity contribution is 7.92. The van der Waals surface area contributed by atoms with Gasteiger partial charge in [0.15, 0.2) is 6.61 Å². The first-order chi connectivity index (χ1) is 19.9. The van der Waals surface area contributed by atoms with Gasteiger partial charge in [0.05, 0.1) is 10.6 Å². The van der Waals surface area contributed by atoms with Crippen molar-refractivity contribution < 1.29 is 31.8 Å². The molecule has 1 heterocycles. The zero-order valence-corrected chi connectivity index (χ0v) is 24.6. The minimum Gasteiger partial charge on any atom is -0.482 e. The van der Waals surface area contributed by atoms with Gasteiger partial charge in [-0.05, 0) is 90.4 Å². The monoisotopic (exact) mass is 595 g/mol. The number of alkyl halides is 2. The normalized spacial score (nSPS) is 16.3. The van der Waals surface area contributed by atoms with E-state index < -0.39 is 28.5 Å². The van der Waals surface area contributed by atoms with Gasteiger partial charge in [0.1, 0.15) is 5.75 Å². The van der Waals surface area contributed by atoms with Crippen molar-refractivity contribution in [2.75, 3.05) is 17.5 Å².